The third kappa shape index (κ3) is 2.93. The Kier molecular flexibility index (Phi) is 4.30. The summed E-state index contributed by atoms with van der Waals surface area (Å²) < 4.78 is 13.7. The fourth-order valence-electron chi connectivity index (χ4n) is 2.10. The molecule has 2 aromatic rings. The summed E-state index contributed by atoms with van der Waals surface area (Å²) >= 11 is 0. The lowest BCUT2D eigenvalue weighted by Gasteiger charge is -2.11. The number of nitrogens with zero attached hydrogens (tertiary/aromatic N) is 1. The topological polar surface area (TPSA) is 55.2 Å². The van der Waals surface area contributed by atoms with Crippen molar-refractivity contribution in [1.29, 1.82) is 0 Å². The van der Waals surface area contributed by atoms with Crippen molar-refractivity contribution in [2.75, 3.05) is 5.32 Å². The zero-order valence-corrected chi connectivity index (χ0v) is 11.1. The Bertz CT molecular complexity index is 629. The van der Waals surface area contributed by atoms with Crippen molar-refractivity contribution < 1.29 is 9.31 Å². The van der Waals surface area contributed by atoms with Gasteiger partial charge in [0.25, 0.3) is 5.69 Å². The van der Waals surface area contributed by atoms with Gasteiger partial charge in [0.1, 0.15) is 5.69 Å². The van der Waals surface area contributed by atoms with Gasteiger partial charge in [-0.15, -0.1) is 0 Å². The number of anilines is 1. The largest absolute Gasteiger partial charge is 0.373 e. The van der Waals surface area contributed by atoms with E-state index in [-0.39, 0.29) is 11.4 Å². The van der Waals surface area contributed by atoms with Gasteiger partial charge >= 0.3 is 0 Å². The van der Waals surface area contributed by atoms with E-state index >= 15 is 0 Å². The van der Waals surface area contributed by atoms with Crippen molar-refractivity contribution in [2.45, 2.75) is 19.9 Å². The maximum Gasteiger partial charge on any atom is 0.295 e. The van der Waals surface area contributed by atoms with Crippen LogP contribution in [0.1, 0.15) is 18.1 Å². The average molecular weight is 274 g/mol. The minimum absolute atomic E-state index is 0.0663. The second-order valence-corrected chi connectivity index (χ2v) is 4.37. The fourth-order valence-corrected chi connectivity index (χ4v) is 2.10. The van der Waals surface area contributed by atoms with E-state index in [4.69, 9.17) is 0 Å². The highest BCUT2D eigenvalue weighted by Gasteiger charge is 2.17. The molecule has 1 N–H and O–H groups in total. The highest BCUT2D eigenvalue weighted by molar-refractivity contribution is 5.62. The zero-order chi connectivity index (χ0) is 14.5. The molecule has 2 aromatic carbocycles. The number of hydrogen-bond acceptors (Lipinski definition) is 3. The van der Waals surface area contributed by atoms with E-state index in [9.17, 15) is 14.5 Å². The Balaban J connectivity index is 2.25. The second-order valence-electron chi connectivity index (χ2n) is 4.37. The van der Waals surface area contributed by atoms with Crippen molar-refractivity contribution in [3.63, 3.8) is 0 Å². The summed E-state index contributed by atoms with van der Waals surface area (Å²) in [5, 5.41) is 13.7. The molecule has 0 amide bonds. The number of nitro groups is 1. The number of aryl methyl sites for hydroxylation is 1. The molecule has 0 aromatic heterocycles. The Labute approximate surface area is 116 Å². The van der Waals surface area contributed by atoms with Gasteiger partial charge in [0, 0.05) is 12.6 Å². The molecule has 104 valence electrons. The molecule has 0 bridgehead atoms. The van der Waals surface area contributed by atoms with Crippen molar-refractivity contribution in [3.8, 4) is 0 Å². The van der Waals surface area contributed by atoms with Gasteiger partial charge in [-0.25, -0.2) is 4.39 Å². The van der Waals surface area contributed by atoms with E-state index in [0.29, 0.717) is 6.54 Å². The summed E-state index contributed by atoms with van der Waals surface area (Å²) in [6, 6.07) is 11.6. The van der Waals surface area contributed by atoms with E-state index in [2.05, 4.69) is 5.32 Å². The van der Waals surface area contributed by atoms with Gasteiger partial charge in [-0.1, -0.05) is 37.3 Å². The molecule has 5 heteroatoms. The molecule has 0 aliphatic heterocycles. The lowest BCUT2D eigenvalue weighted by molar-refractivity contribution is -0.384. The molecule has 0 saturated carbocycles. The summed E-state index contributed by atoms with van der Waals surface area (Å²) in [4.78, 5) is 10.3. The third-order valence-corrected chi connectivity index (χ3v) is 3.14. The second kappa shape index (κ2) is 6.14. The third-order valence-electron chi connectivity index (χ3n) is 3.14. The normalized spacial score (nSPS) is 10.3. The molecular weight excluding hydrogens is 259 g/mol. The molecule has 0 fully saturated rings. The van der Waals surface area contributed by atoms with Gasteiger partial charge in [-0.05, 0) is 23.6 Å². The molecule has 0 saturated heterocycles. The quantitative estimate of drug-likeness (QED) is 0.664. The lowest BCUT2D eigenvalue weighted by atomic mass is 10.1. The Morgan fingerprint density at radius 2 is 1.85 bits per heavy atom. The Morgan fingerprint density at radius 1 is 1.15 bits per heavy atom. The molecule has 20 heavy (non-hydrogen) atoms. The monoisotopic (exact) mass is 274 g/mol. The fraction of sp³-hybridized carbons (Fsp3) is 0.200. The van der Waals surface area contributed by atoms with Crippen LogP contribution in [-0.2, 0) is 13.0 Å². The number of rotatable bonds is 5. The van der Waals surface area contributed by atoms with Crippen molar-refractivity contribution in [1.82, 2.24) is 0 Å². The molecule has 0 spiro atoms. The summed E-state index contributed by atoms with van der Waals surface area (Å²) in [5.74, 6) is -0.617. The van der Waals surface area contributed by atoms with Crippen LogP contribution in [0.15, 0.2) is 42.5 Å². The van der Waals surface area contributed by atoms with Crippen LogP contribution in [0.2, 0.25) is 0 Å². The zero-order valence-electron chi connectivity index (χ0n) is 11.1. The predicted octanol–water partition coefficient (Wildman–Crippen LogP) is 3.91. The van der Waals surface area contributed by atoms with Gasteiger partial charge in [-0.2, -0.15) is 0 Å². The van der Waals surface area contributed by atoms with Gasteiger partial charge in [0.05, 0.1) is 4.92 Å². The van der Waals surface area contributed by atoms with Crippen LogP contribution in [0.3, 0.4) is 0 Å². The van der Waals surface area contributed by atoms with Crippen LogP contribution in [0.25, 0.3) is 0 Å². The summed E-state index contributed by atoms with van der Waals surface area (Å²) in [6.07, 6.45) is 0.858. The summed E-state index contributed by atoms with van der Waals surface area (Å²) in [5.41, 5.74) is 1.83. The van der Waals surface area contributed by atoms with Gasteiger partial charge in [0.2, 0.25) is 0 Å². The van der Waals surface area contributed by atoms with Crippen molar-refractivity contribution in [2.24, 2.45) is 0 Å². The average Bonchev–Trinajstić information content (AvgIpc) is 2.46. The molecule has 2 rings (SSSR count). The van der Waals surface area contributed by atoms with E-state index in [0.717, 1.165) is 17.5 Å². The first-order valence-corrected chi connectivity index (χ1v) is 6.37. The molecule has 0 heterocycles. The van der Waals surface area contributed by atoms with Crippen LogP contribution in [-0.4, -0.2) is 4.92 Å². The van der Waals surface area contributed by atoms with Crippen LogP contribution >= 0.6 is 0 Å². The number of nitro benzene ring substituents is 1. The number of hydrogen-bond donors (Lipinski definition) is 1. The van der Waals surface area contributed by atoms with Crippen LogP contribution in [0.5, 0.6) is 0 Å². The maximum atomic E-state index is 13.7. The van der Waals surface area contributed by atoms with Crippen molar-refractivity contribution in [3.05, 3.63) is 69.5 Å². The molecular formula is C15H15FN2O2. The first-order chi connectivity index (χ1) is 9.63. The Hall–Kier alpha value is -2.43. The predicted molar refractivity (Wildman–Crippen MR) is 76.2 cm³/mol. The summed E-state index contributed by atoms with van der Waals surface area (Å²) in [6.45, 7) is 2.39. The van der Waals surface area contributed by atoms with E-state index in [1.807, 2.05) is 31.2 Å². The van der Waals surface area contributed by atoms with Crippen LogP contribution in [0.4, 0.5) is 15.8 Å². The number of para-hydroxylation sites is 1. The molecule has 4 nitrogen and oxygen atoms in total. The number of nitrogens with one attached hydrogen (secondary N) is 1. The highest BCUT2D eigenvalue weighted by Crippen LogP contribution is 2.27. The molecule has 0 aliphatic rings. The molecule has 0 atom stereocenters. The van der Waals surface area contributed by atoms with Crippen LogP contribution < -0.4 is 5.32 Å². The highest BCUT2D eigenvalue weighted by atomic mass is 19.1. The molecule has 0 radical (unpaired) electrons. The van der Waals surface area contributed by atoms with Crippen LogP contribution in [0, 0.1) is 15.9 Å². The van der Waals surface area contributed by atoms with Gasteiger partial charge < -0.3 is 5.32 Å². The standard InChI is InChI=1S/C15H15FN2O2/c1-2-11-6-3-4-7-12(11)10-17-15-13(16)8-5-9-14(15)18(19)20/h3-9,17H,2,10H2,1H3. The first kappa shape index (κ1) is 14.0. The van der Waals surface area contributed by atoms with E-state index < -0.39 is 10.7 Å². The smallest absolute Gasteiger partial charge is 0.295 e. The molecule has 0 aliphatic carbocycles. The van der Waals surface area contributed by atoms with Gasteiger partial charge in [-0.3, -0.25) is 10.1 Å². The SMILES string of the molecule is CCc1ccccc1CNc1c(F)cccc1[N+](=O)[O-]. The maximum absolute atomic E-state index is 13.7. The van der Waals surface area contributed by atoms with E-state index in [1.165, 1.54) is 18.2 Å². The first-order valence-electron chi connectivity index (χ1n) is 6.37. The minimum Gasteiger partial charge on any atom is -0.373 e. The van der Waals surface area contributed by atoms with Crippen molar-refractivity contribution >= 4 is 11.4 Å². The summed E-state index contributed by atoms with van der Waals surface area (Å²) in [7, 11) is 0. The minimum atomic E-state index is -0.617. The lowest BCUT2D eigenvalue weighted by Crippen LogP contribution is -2.06. The Morgan fingerprint density at radius 3 is 2.50 bits per heavy atom. The molecule has 0 unspecified atom stereocenters. The van der Waals surface area contributed by atoms with Gasteiger partial charge in [0.15, 0.2) is 5.82 Å². The van der Waals surface area contributed by atoms with E-state index in [1.54, 1.807) is 0 Å². The number of halogens is 1. The number of benzene rings is 2.